The van der Waals surface area contributed by atoms with E-state index < -0.39 is 23.9 Å². The molecule has 0 atom stereocenters. The lowest BCUT2D eigenvalue weighted by Crippen LogP contribution is -2.20. The van der Waals surface area contributed by atoms with Crippen molar-refractivity contribution in [3.63, 3.8) is 0 Å². The van der Waals surface area contributed by atoms with E-state index in [1.807, 2.05) is 0 Å². The fourth-order valence-corrected chi connectivity index (χ4v) is 1.81. The van der Waals surface area contributed by atoms with Gasteiger partial charge in [0.2, 0.25) is 0 Å². The van der Waals surface area contributed by atoms with Crippen LogP contribution in [0, 0.1) is 5.41 Å². The number of esters is 2. The number of rotatable bonds is 7. The smallest absolute Gasteiger partial charge is 0.337 e. The highest BCUT2D eigenvalue weighted by atomic mass is 16.5. The van der Waals surface area contributed by atoms with Crippen molar-refractivity contribution in [1.82, 2.24) is 0 Å². The molecule has 0 fully saturated rings. The zero-order chi connectivity index (χ0) is 29.0. The molecule has 0 saturated carbocycles. The van der Waals surface area contributed by atoms with Crippen LogP contribution >= 0.6 is 0 Å². The Hall–Kier alpha value is -3.84. The SMILES string of the molecule is CC(C)(CO)CO.COC(=O)c1ccc(C(=O)OC)cc1.O=C(O)c1cccc(C(=O)O)c1.OCCO. The lowest BCUT2D eigenvalue weighted by Gasteiger charge is -2.16. The largest absolute Gasteiger partial charge is 0.478 e. The summed E-state index contributed by atoms with van der Waals surface area (Å²) >= 11 is 0. The van der Waals surface area contributed by atoms with Crippen LogP contribution in [0.5, 0.6) is 0 Å². The zero-order valence-electron chi connectivity index (χ0n) is 21.1. The third kappa shape index (κ3) is 15.7. The summed E-state index contributed by atoms with van der Waals surface area (Å²) in [4.78, 5) is 42.8. The molecular weight excluding hydrogens is 492 g/mol. The maximum absolute atomic E-state index is 11.0. The molecule has 0 aliphatic rings. The van der Waals surface area contributed by atoms with Gasteiger partial charge < -0.3 is 40.1 Å². The molecule has 2 aromatic carbocycles. The maximum Gasteiger partial charge on any atom is 0.337 e. The van der Waals surface area contributed by atoms with Gasteiger partial charge in [0.15, 0.2) is 0 Å². The van der Waals surface area contributed by atoms with Gasteiger partial charge in [-0.3, -0.25) is 0 Å². The zero-order valence-corrected chi connectivity index (χ0v) is 21.1. The van der Waals surface area contributed by atoms with Crippen LogP contribution < -0.4 is 0 Å². The predicted molar refractivity (Wildman–Crippen MR) is 132 cm³/mol. The molecule has 0 radical (unpaired) electrons. The number of carbonyl (C=O) groups is 4. The van der Waals surface area contributed by atoms with E-state index in [0.717, 1.165) is 6.07 Å². The molecule has 12 heteroatoms. The minimum absolute atomic E-state index is 0.0186. The van der Waals surface area contributed by atoms with Gasteiger partial charge in [-0.2, -0.15) is 0 Å². The van der Waals surface area contributed by atoms with Crippen molar-refractivity contribution < 1.29 is 59.3 Å². The summed E-state index contributed by atoms with van der Waals surface area (Å²) in [5.74, 6) is -3.11. The van der Waals surface area contributed by atoms with Gasteiger partial charge in [-0.05, 0) is 42.5 Å². The number of carbonyl (C=O) groups excluding carboxylic acids is 2. The van der Waals surface area contributed by atoms with Crippen molar-refractivity contribution in [2.45, 2.75) is 13.8 Å². The van der Waals surface area contributed by atoms with Crippen molar-refractivity contribution in [1.29, 1.82) is 0 Å². The summed E-state index contributed by atoms with van der Waals surface area (Å²) in [5, 5.41) is 49.1. The second-order valence-corrected chi connectivity index (χ2v) is 7.68. The van der Waals surface area contributed by atoms with Gasteiger partial charge in [-0.25, -0.2) is 19.2 Å². The standard InChI is InChI=1S/C10H10O4.C8H6O4.C5H12O2.C2H6O2/c1-13-9(11)7-3-5-8(6-4-7)10(12)14-2;9-7(10)5-2-1-3-6(4-5)8(11)12;1-5(2,3-6)4-7;3-1-2-4/h3-6H,1-2H3;1-4H,(H,9,10)(H,11,12);6-7H,3-4H2,1-2H3;3-4H,1-2H2. The summed E-state index contributed by atoms with van der Waals surface area (Å²) in [5.41, 5.74) is 0.463. The molecule has 12 nitrogen and oxygen atoms in total. The molecule has 0 aliphatic heterocycles. The average Bonchev–Trinajstić information content (AvgIpc) is 2.93. The third-order valence-electron chi connectivity index (χ3n) is 4.04. The first-order valence-electron chi connectivity index (χ1n) is 10.6. The lowest BCUT2D eigenvalue weighted by molar-refractivity contribution is 0.0586. The van der Waals surface area contributed by atoms with Gasteiger partial charge in [0.25, 0.3) is 0 Å². The number of carboxylic acid groups (broad SMARTS) is 2. The highest BCUT2D eigenvalue weighted by molar-refractivity contribution is 5.94. The first kappa shape index (κ1) is 35.3. The average molecular weight is 527 g/mol. The fourth-order valence-electron chi connectivity index (χ4n) is 1.81. The van der Waals surface area contributed by atoms with E-state index in [2.05, 4.69) is 9.47 Å². The van der Waals surface area contributed by atoms with Crippen LogP contribution in [0.1, 0.15) is 55.3 Å². The van der Waals surface area contributed by atoms with E-state index in [1.165, 1.54) is 56.7 Å². The van der Waals surface area contributed by atoms with E-state index in [9.17, 15) is 19.2 Å². The topological polar surface area (TPSA) is 208 Å². The summed E-state index contributed by atoms with van der Waals surface area (Å²) in [6.45, 7) is 3.44. The summed E-state index contributed by atoms with van der Waals surface area (Å²) < 4.78 is 9.02. The highest BCUT2D eigenvalue weighted by Gasteiger charge is 2.13. The molecule has 0 saturated heterocycles. The molecule has 0 bridgehead atoms. The number of carboxylic acids is 2. The molecule has 37 heavy (non-hydrogen) atoms. The maximum atomic E-state index is 11.0. The van der Waals surface area contributed by atoms with E-state index in [-0.39, 0.29) is 43.0 Å². The lowest BCUT2D eigenvalue weighted by atomic mass is 9.97. The Morgan fingerprint density at radius 1 is 0.649 bits per heavy atom. The number of hydrogen-bond donors (Lipinski definition) is 6. The number of hydrogen-bond acceptors (Lipinski definition) is 10. The Morgan fingerprint density at radius 3 is 1.16 bits per heavy atom. The molecule has 0 aliphatic carbocycles. The molecule has 2 aromatic rings. The van der Waals surface area contributed by atoms with Crippen LogP contribution in [0.3, 0.4) is 0 Å². The fraction of sp³-hybridized carbons (Fsp3) is 0.360. The second-order valence-electron chi connectivity index (χ2n) is 7.68. The summed E-state index contributed by atoms with van der Waals surface area (Å²) in [6.07, 6.45) is 0. The molecule has 0 heterocycles. The monoisotopic (exact) mass is 526 g/mol. The molecule has 6 N–H and O–H groups in total. The predicted octanol–water partition coefficient (Wildman–Crippen LogP) is 1.31. The van der Waals surface area contributed by atoms with E-state index in [4.69, 9.17) is 30.6 Å². The van der Waals surface area contributed by atoms with E-state index in [0.29, 0.717) is 11.1 Å². The van der Waals surface area contributed by atoms with E-state index >= 15 is 0 Å². The number of aliphatic hydroxyl groups is 4. The van der Waals surface area contributed by atoms with Crippen molar-refractivity contribution in [2.24, 2.45) is 5.41 Å². The van der Waals surface area contributed by atoms with Gasteiger partial charge >= 0.3 is 23.9 Å². The summed E-state index contributed by atoms with van der Waals surface area (Å²) in [7, 11) is 2.60. The second kappa shape index (κ2) is 19.4. The molecule has 2 rings (SSSR count). The molecule has 0 unspecified atom stereocenters. The number of benzene rings is 2. The molecule has 0 spiro atoms. The quantitative estimate of drug-likeness (QED) is 0.282. The van der Waals surface area contributed by atoms with Crippen LogP contribution in [-0.4, -0.2) is 95.2 Å². The van der Waals surface area contributed by atoms with Gasteiger partial charge in [0, 0.05) is 5.41 Å². The Bertz CT molecular complexity index is 896. The first-order valence-corrected chi connectivity index (χ1v) is 10.6. The third-order valence-corrected chi connectivity index (χ3v) is 4.04. The van der Waals surface area contributed by atoms with Crippen LogP contribution in [0.15, 0.2) is 48.5 Å². The molecule has 0 amide bonds. The molecule has 206 valence electrons. The van der Waals surface area contributed by atoms with Crippen LogP contribution in [0.25, 0.3) is 0 Å². The molecule has 0 aromatic heterocycles. The van der Waals surface area contributed by atoms with Crippen molar-refractivity contribution >= 4 is 23.9 Å². The minimum atomic E-state index is -1.13. The van der Waals surface area contributed by atoms with Gasteiger partial charge in [-0.15, -0.1) is 0 Å². The Balaban J connectivity index is 0. The van der Waals surface area contributed by atoms with Gasteiger partial charge in [-0.1, -0.05) is 19.9 Å². The number of aromatic carboxylic acids is 2. The number of aliphatic hydroxyl groups excluding tert-OH is 4. The Morgan fingerprint density at radius 2 is 0.973 bits per heavy atom. The van der Waals surface area contributed by atoms with Crippen LogP contribution in [-0.2, 0) is 9.47 Å². The number of ether oxygens (including phenoxy) is 2. The van der Waals surface area contributed by atoms with E-state index in [1.54, 1.807) is 13.8 Å². The Labute approximate surface area is 214 Å². The Kier molecular flexibility index (Phi) is 18.5. The van der Waals surface area contributed by atoms with Gasteiger partial charge in [0.05, 0.1) is 62.9 Å². The minimum Gasteiger partial charge on any atom is -0.478 e. The summed E-state index contributed by atoms with van der Waals surface area (Å²) in [6, 6.07) is 11.2. The first-order chi connectivity index (χ1) is 17.3. The normalized spacial score (nSPS) is 9.62. The molecular formula is C25H34O12. The van der Waals surface area contributed by atoms with Crippen molar-refractivity contribution in [3.05, 3.63) is 70.8 Å². The van der Waals surface area contributed by atoms with Gasteiger partial charge in [0.1, 0.15) is 0 Å². The van der Waals surface area contributed by atoms with Crippen molar-refractivity contribution in [3.8, 4) is 0 Å². The van der Waals surface area contributed by atoms with Crippen LogP contribution in [0.4, 0.5) is 0 Å². The van der Waals surface area contributed by atoms with Crippen LogP contribution in [0.2, 0.25) is 0 Å². The number of methoxy groups -OCH3 is 2. The van der Waals surface area contributed by atoms with Crippen molar-refractivity contribution in [2.75, 3.05) is 40.6 Å². The highest BCUT2D eigenvalue weighted by Crippen LogP contribution is 2.10.